The van der Waals surface area contributed by atoms with Crippen LogP contribution >= 0.6 is 11.8 Å². The van der Waals surface area contributed by atoms with Gasteiger partial charge in [-0.15, -0.1) is 0 Å². The lowest BCUT2D eigenvalue weighted by Crippen LogP contribution is -2.34. The van der Waals surface area contributed by atoms with Crippen molar-refractivity contribution < 1.29 is 4.79 Å². The van der Waals surface area contributed by atoms with Gasteiger partial charge in [-0.2, -0.15) is 5.26 Å². The van der Waals surface area contributed by atoms with Crippen molar-refractivity contribution in [2.45, 2.75) is 44.8 Å². The lowest BCUT2D eigenvalue weighted by molar-refractivity contribution is -0.119. The molecule has 0 unspecified atom stereocenters. The molecule has 0 aliphatic heterocycles. The Morgan fingerprint density at radius 3 is 2.76 bits per heavy atom. The average molecular weight is 307 g/mol. The Bertz CT molecular complexity index is 527. The fourth-order valence-electron chi connectivity index (χ4n) is 1.64. The number of nitrogens with zero attached hydrogens (tertiary/aromatic N) is 3. The van der Waals surface area contributed by atoms with E-state index >= 15 is 0 Å². The fraction of sp³-hybridized carbons (Fsp3) is 0.571. The van der Waals surface area contributed by atoms with Gasteiger partial charge >= 0.3 is 0 Å². The monoisotopic (exact) mass is 307 g/mol. The summed E-state index contributed by atoms with van der Waals surface area (Å²) in [6.07, 6.45) is 3.42. The Labute approximate surface area is 129 Å². The molecular formula is C14H21N5OS. The molecule has 1 heterocycles. The molecule has 0 bridgehead atoms. The van der Waals surface area contributed by atoms with Gasteiger partial charge in [-0.1, -0.05) is 25.6 Å². The standard InChI is InChI=1S/C14H21N5OS/c1-9(2)4-5-10(3)18-12(20)8-21-14-17-7-11(6-15)13(16)19-14/h7,9-10H,4-5,8H2,1-3H3,(H,18,20)(H2,16,17,19)/t10-/m0/s1. The van der Waals surface area contributed by atoms with Gasteiger partial charge in [-0.05, 0) is 25.7 Å². The first-order valence-corrected chi connectivity index (χ1v) is 7.85. The number of nitriles is 1. The van der Waals surface area contributed by atoms with Gasteiger partial charge in [-0.3, -0.25) is 4.79 Å². The molecular weight excluding hydrogens is 286 g/mol. The topological polar surface area (TPSA) is 105 Å². The largest absolute Gasteiger partial charge is 0.382 e. The van der Waals surface area contributed by atoms with Crippen LogP contribution in [-0.2, 0) is 4.79 Å². The molecule has 1 atom stereocenters. The third-order valence-electron chi connectivity index (χ3n) is 2.83. The van der Waals surface area contributed by atoms with Crippen molar-refractivity contribution >= 4 is 23.5 Å². The molecule has 1 aromatic rings. The number of amides is 1. The number of hydrogen-bond acceptors (Lipinski definition) is 6. The Balaban J connectivity index is 2.39. The second-order valence-corrected chi connectivity index (χ2v) is 6.23. The van der Waals surface area contributed by atoms with Crippen molar-refractivity contribution in [2.24, 2.45) is 5.92 Å². The molecule has 0 spiro atoms. The van der Waals surface area contributed by atoms with Crippen LogP contribution in [-0.4, -0.2) is 27.7 Å². The molecule has 21 heavy (non-hydrogen) atoms. The molecule has 6 nitrogen and oxygen atoms in total. The van der Waals surface area contributed by atoms with E-state index in [0.29, 0.717) is 11.1 Å². The van der Waals surface area contributed by atoms with Crippen LogP contribution in [0.1, 0.15) is 39.2 Å². The van der Waals surface area contributed by atoms with Gasteiger partial charge < -0.3 is 11.1 Å². The minimum Gasteiger partial charge on any atom is -0.382 e. The van der Waals surface area contributed by atoms with E-state index in [-0.39, 0.29) is 29.1 Å². The van der Waals surface area contributed by atoms with E-state index in [4.69, 9.17) is 11.0 Å². The molecule has 0 radical (unpaired) electrons. The number of hydrogen-bond donors (Lipinski definition) is 2. The van der Waals surface area contributed by atoms with Crippen molar-refractivity contribution in [3.8, 4) is 6.07 Å². The van der Waals surface area contributed by atoms with Gasteiger partial charge in [0.15, 0.2) is 5.16 Å². The first kappa shape index (κ1) is 17.2. The summed E-state index contributed by atoms with van der Waals surface area (Å²) in [4.78, 5) is 19.8. The number of carbonyl (C=O) groups is 1. The molecule has 7 heteroatoms. The van der Waals surface area contributed by atoms with Crippen LogP contribution in [0.25, 0.3) is 0 Å². The molecule has 114 valence electrons. The van der Waals surface area contributed by atoms with Crippen LogP contribution in [0.4, 0.5) is 5.82 Å². The van der Waals surface area contributed by atoms with Crippen molar-refractivity contribution in [3.63, 3.8) is 0 Å². The zero-order chi connectivity index (χ0) is 15.8. The summed E-state index contributed by atoms with van der Waals surface area (Å²) >= 11 is 1.20. The Morgan fingerprint density at radius 2 is 2.19 bits per heavy atom. The zero-order valence-electron chi connectivity index (χ0n) is 12.6. The highest BCUT2D eigenvalue weighted by Crippen LogP contribution is 2.15. The van der Waals surface area contributed by atoms with E-state index in [9.17, 15) is 4.79 Å². The highest BCUT2D eigenvalue weighted by Gasteiger charge is 2.10. The number of nitrogen functional groups attached to an aromatic ring is 1. The molecule has 0 aliphatic carbocycles. The molecule has 0 saturated heterocycles. The SMILES string of the molecule is CC(C)CC[C@H](C)NC(=O)CSc1ncc(C#N)c(N)n1. The summed E-state index contributed by atoms with van der Waals surface area (Å²) in [5.74, 6) is 0.953. The number of aromatic nitrogens is 2. The average Bonchev–Trinajstić information content (AvgIpc) is 2.43. The van der Waals surface area contributed by atoms with E-state index in [1.807, 2.05) is 13.0 Å². The van der Waals surface area contributed by atoms with Crippen LogP contribution in [0.2, 0.25) is 0 Å². The van der Waals surface area contributed by atoms with Crippen LogP contribution in [0, 0.1) is 17.2 Å². The summed E-state index contributed by atoms with van der Waals surface area (Å²) < 4.78 is 0. The molecule has 0 fully saturated rings. The van der Waals surface area contributed by atoms with Gasteiger partial charge in [0.25, 0.3) is 0 Å². The Kier molecular flexibility index (Phi) is 6.96. The maximum Gasteiger partial charge on any atom is 0.230 e. The smallest absolute Gasteiger partial charge is 0.230 e. The molecule has 1 aromatic heterocycles. The van der Waals surface area contributed by atoms with Crippen molar-refractivity contribution in [3.05, 3.63) is 11.8 Å². The summed E-state index contributed by atoms with van der Waals surface area (Å²) in [6, 6.07) is 2.06. The number of rotatable bonds is 7. The fourth-order valence-corrected chi connectivity index (χ4v) is 2.27. The molecule has 3 N–H and O–H groups in total. The number of anilines is 1. The van der Waals surface area contributed by atoms with Crippen LogP contribution in [0.5, 0.6) is 0 Å². The molecule has 0 aromatic carbocycles. The Morgan fingerprint density at radius 1 is 1.48 bits per heavy atom. The molecule has 0 saturated carbocycles. The summed E-state index contributed by atoms with van der Waals surface area (Å²) in [5, 5.41) is 12.1. The van der Waals surface area contributed by atoms with Crippen LogP contribution in [0.15, 0.2) is 11.4 Å². The van der Waals surface area contributed by atoms with E-state index < -0.39 is 0 Å². The van der Waals surface area contributed by atoms with E-state index in [2.05, 4.69) is 29.1 Å². The number of carbonyl (C=O) groups excluding carboxylic acids is 1. The van der Waals surface area contributed by atoms with Gasteiger partial charge in [-0.25, -0.2) is 9.97 Å². The van der Waals surface area contributed by atoms with E-state index in [1.54, 1.807) is 0 Å². The predicted octanol–water partition coefficient (Wildman–Crippen LogP) is 1.96. The zero-order valence-corrected chi connectivity index (χ0v) is 13.4. The van der Waals surface area contributed by atoms with Crippen LogP contribution in [0.3, 0.4) is 0 Å². The minimum absolute atomic E-state index is 0.0530. The highest BCUT2D eigenvalue weighted by atomic mass is 32.2. The Hall–Kier alpha value is -1.81. The number of nitrogens with two attached hydrogens (primary N) is 1. The second-order valence-electron chi connectivity index (χ2n) is 5.29. The molecule has 0 aliphatic rings. The maximum atomic E-state index is 11.8. The first-order chi connectivity index (χ1) is 9.92. The lowest BCUT2D eigenvalue weighted by Gasteiger charge is -2.14. The van der Waals surface area contributed by atoms with E-state index in [1.165, 1.54) is 18.0 Å². The summed E-state index contributed by atoms with van der Waals surface area (Å²) in [7, 11) is 0. The van der Waals surface area contributed by atoms with Crippen molar-refractivity contribution in [2.75, 3.05) is 11.5 Å². The maximum absolute atomic E-state index is 11.8. The number of nitrogens with one attached hydrogen (secondary N) is 1. The quantitative estimate of drug-likeness (QED) is 0.589. The molecule has 1 amide bonds. The van der Waals surface area contributed by atoms with Gasteiger partial charge in [0.1, 0.15) is 17.5 Å². The lowest BCUT2D eigenvalue weighted by atomic mass is 10.0. The van der Waals surface area contributed by atoms with Gasteiger partial charge in [0.2, 0.25) is 5.91 Å². The van der Waals surface area contributed by atoms with Gasteiger partial charge in [0, 0.05) is 6.04 Å². The minimum atomic E-state index is -0.0530. The van der Waals surface area contributed by atoms with Crippen LogP contribution < -0.4 is 11.1 Å². The third-order valence-corrected chi connectivity index (χ3v) is 3.69. The highest BCUT2D eigenvalue weighted by molar-refractivity contribution is 7.99. The second kappa shape index (κ2) is 8.47. The summed E-state index contributed by atoms with van der Waals surface area (Å²) in [6.45, 7) is 6.33. The summed E-state index contributed by atoms with van der Waals surface area (Å²) in [5.41, 5.74) is 5.84. The predicted molar refractivity (Wildman–Crippen MR) is 83.6 cm³/mol. The molecule has 1 rings (SSSR count). The number of thioether (sulfide) groups is 1. The van der Waals surface area contributed by atoms with Crippen molar-refractivity contribution in [1.29, 1.82) is 5.26 Å². The third kappa shape index (κ3) is 6.45. The first-order valence-electron chi connectivity index (χ1n) is 6.87. The van der Waals surface area contributed by atoms with Crippen molar-refractivity contribution in [1.82, 2.24) is 15.3 Å². The van der Waals surface area contributed by atoms with Gasteiger partial charge in [0.05, 0.1) is 11.9 Å². The normalized spacial score (nSPS) is 12.0. The van der Waals surface area contributed by atoms with E-state index in [0.717, 1.165) is 12.8 Å².